The number of hydrogen-bond donors (Lipinski definition) is 2. The molecule has 0 aliphatic carbocycles. The normalized spacial score (nSPS) is 24.7. The van der Waals surface area contributed by atoms with Crippen LogP contribution in [0.1, 0.15) is 52.9 Å². The van der Waals surface area contributed by atoms with Crippen LogP contribution in [-0.2, 0) is 4.79 Å². The van der Waals surface area contributed by atoms with Gasteiger partial charge in [-0.05, 0) is 58.2 Å². The number of carbonyl (C=O) groups is 1. The van der Waals surface area contributed by atoms with E-state index in [0.717, 1.165) is 32.0 Å². The van der Waals surface area contributed by atoms with Crippen molar-refractivity contribution in [1.29, 1.82) is 0 Å². The molecule has 2 N–H and O–H groups in total. The van der Waals surface area contributed by atoms with Crippen LogP contribution < -0.4 is 5.32 Å². The second kappa shape index (κ2) is 7.85. The van der Waals surface area contributed by atoms with Crippen LogP contribution in [0.3, 0.4) is 0 Å². The Morgan fingerprint density at radius 3 is 2.68 bits per heavy atom. The lowest BCUT2D eigenvalue weighted by Crippen LogP contribution is -2.57. The lowest BCUT2D eigenvalue weighted by atomic mass is 9.98. The van der Waals surface area contributed by atoms with Gasteiger partial charge < -0.3 is 15.3 Å². The molecule has 0 amide bonds. The largest absolute Gasteiger partial charge is 0.480 e. The molecule has 0 bridgehead atoms. The molecule has 1 saturated heterocycles. The zero-order chi connectivity index (χ0) is 14.3. The highest BCUT2D eigenvalue weighted by atomic mass is 16.4. The smallest absolute Gasteiger partial charge is 0.324 e. The third-order valence-electron chi connectivity index (χ3n) is 4.29. The first-order valence-electron chi connectivity index (χ1n) is 7.72. The molecule has 4 heteroatoms. The van der Waals surface area contributed by atoms with Crippen molar-refractivity contribution in [2.45, 2.75) is 58.4 Å². The molecule has 2 atom stereocenters. The second-order valence-electron chi connectivity index (χ2n) is 6.05. The Labute approximate surface area is 117 Å². The van der Waals surface area contributed by atoms with Gasteiger partial charge in [0, 0.05) is 6.54 Å². The Hall–Kier alpha value is -0.610. The molecule has 0 saturated carbocycles. The predicted molar refractivity (Wildman–Crippen MR) is 78.4 cm³/mol. The standard InChI is InChI=1S/C15H30N2O2/c1-4-9-16-15(3,14(18)19)12-17-10-6-7-13(5-2)8-11-17/h13,16H,4-12H2,1-3H3,(H,18,19). The molecular formula is C15H30N2O2. The Morgan fingerprint density at radius 2 is 2.11 bits per heavy atom. The van der Waals surface area contributed by atoms with Crippen LogP contribution in [0.2, 0.25) is 0 Å². The molecule has 0 aromatic rings. The van der Waals surface area contributed by atoms with Crippen LogP contribution in [0.25, 0.3) is 0 Å². The average Bonchev–Trinajstić information content (AvgIpc) is 2.61. The highest BCUT2D eigenvalue weighted by molar-refractivity contribution is 5.78. The minimum Gasteiger partial charge on any atom is -0.480 e. The molecule has 2 unspecified atom stereocenters. The van der Waals surface area contributed by atoms with E-state index in [1.165, 1.54) is 25.7 Å². The maximum atomic E-state index is 11.5. The van der Waals surface area contributed by atoms with Crippen molar-refractivity contribution in [3.63, 3.8) is 0 Å². The first kappa shape index (κ1) is 16.4. The summed E-state index contributed by atoms with van der Waals surface area (Å²) in [4.78, 5) is 13.8. The topological polar surface area (TPSA) is 52.6 Å². The Balaban J connectivity index is 2.56. The summed E-state index contributed by atoms with van der Waals surface area (Å²) in [5.41, 5.74) is -0.817. The van der Waals surface area contributed by atoms with Gasteiger partial charge in [0.05, 0.1) is 0 Å². The minimum atomic E-state index is -0.817. The number of rotatable bonds is 7. The number of carboxylic acid groups (broad SMARTS) is 1. The summed E-state index contributed by atoms with van der Waals surface area (Å²) in [6.07, 6.45) is 5.90. The average molecular weight is 270 g/mol. The molecule has 1 heterocycles. The van der Waals surface area contributed by atoms with Gasteiger partial charge in [-0.25, -0.2) is 0 Å². The molecule has 1 rings (SSSR count). The van der Waals surface area contributed by atoms with Gasteiger partial charge in [-0.1, -0.05) is 20.3 Å². The van der Waals surface area contributed by atoms with Crippen LogP contribution in [-0.4, -0.2) is 47.7 Å². The van der Waals surface area contributed by atoms with E-state index in [9.17, 15) is 9.90 Å². The fourth-order valence-corrected chi connectivity index (χ4v) is 2.84. The Bertz CT molecular complexity index is 283. The van der Waals surface area contributed by atoms with Gasteiger partial charge in [0.15, 0.2) is 0 Å². The van der Waals surface area contributed by atoms with Gasteiger partial charge in [-0.15, -0.1) is 0 Å². The molecule has 0 aromatic heterocycles. The van der Waals surface area contributed by atoms with E-state index in [1.54, 1.807) is 0 Å². The third-order valence-corrected chi connectivity index (χ3v) is 4.29. The zero-order valence-electron chi connectivity index (χ0n) is 12.7. The maximum Gasteiger partial charge on any atom is 0.324 e. The Kier molecular flexibility index (Phi) is 6.80. The minimum absolute atomic E-state index is 0.610. The van der Waals surface area contributed by atoms with Crippen LogP contribution in [0.4, 0.5) is 0 Å². The van der Waals surface area contributed by atoms with Crippen molar-refractivity contribution in [3.8, 4) is 0 Å². The molecule has 1 aliphatic rings. The lowest BCUT2D eigenvalue weighted by molar-refractivity contribution is -0.145. The molecule has 4 nitrogen and oxygen atoms in total. The number of nitrogens with zero attached hydrogens (tertiary/aromatic N) is 1. The van der Waals surface area contributed by atoms with E-state index in [0.29, 0.717) is 6.54 Å². The highest BCUT2D eigenvalue weighted by Gasteiger charge is 2.34. The van der Waals surface area contributed by atoms with Crippen LogP contribution in [0.15, 0.2) is 0 Å². The summed E-state index contributed by atoms with van der Waals surface area (Å²) in [7, 11) is 0. The van der Waals surface area contributed by atoms with E-state index in [1.807, 2.05) is 6.92 Å². The van der Waals surface area contributed by atoms with Gasteiger partial charge in [-0.3, -0.25) is 4.79 Å². The number of aliphatic carboxylic acids is 1. The van der Waals surface area contributed by atoms with Crippen molar-refractivity contribution in [3.05, 3.63) is 0 Å². The van der Waals surface area contributed by atoms with Gasteiger partial charge >= 0.3 is 5.97 Å². The van der Waals surface area contributed by atoms with Crippen LogP contribution in [0.5, 0.6) is 0 Å². The quantitative estimate of drug-likeness (QED) is 0.745. The lowest BCUT2D eigenvalue weighted by Gasteiger charge is -2.32. The van der Waals surface area contributed by atoms with Crippen LogP contribution in [0, 0.1) is 5.92 Å². The Morgan fingerprint density at radius 1 is 1.37 bits per heavy atom. The van der Waals surface area contributed by atoms with Crippen LogP contribution >= 0.6 is 0 Å². The van der Waals surface area contributed by atoms with Gasteiger partial charge in [0.2, 0.25) is 0 Å². The maximum absolute atomic E-state index is 11.5. The molecule has 1 fully saturated rings. The summed E-state index contributed by atoms with van der Waals surface area (Å²) >= 11 is 0. The van der Waals surface area contributed by atoms with Crippen molar-refractivity contribution < 1.29 is 9.90 Å². The fourth-order valence-electron chi connectivity index (χ4n) is 2.84. The SMILES string of the molecule is CCCNC(C)(CN1CCCC(CC)CC1)C(=O)O. The first-order chi connectivity index (χ1) is 9.01. The van der Waals surface area contributed by atoms with E-state index < -0.39 is 11.5 Å². The van der Waals surface area contributed by atoms with E-state index in [2.05, 4.69) is 24.1 Å². The number of hydrogen-bond acceptors (Lipinski definition) is 3. The van der Waals surface area contributed by atoms with Gasteiger partial charge in [-0.2, -0.15) is 0 Å². The molecular weight excluding hydrogens is 240 g/mol. The number of carboxylic acids is 1. The summed E-state index contributed by atoms with van der Waals surface area (Å²) in [6, 6.07) is 0. The molecule has 0 aromatic carbocycles. The van der Waals surface area contributed by atoms with Gasteiger partial charge in [0.1, 0.15) is 5.54 Å². The first-order valence-corrected chi connectivity index (χ1v) is 7.72. The number of likely N-dealkylation sites (tertiary alicyclic amines) is 1. The summed E-state index contributed by atoms with van der Waals surface area (Å²) in [5, 5.41) is 12.7. The van der Waals surface area contributed by atoms with E-state index >= 15 is 0 Å². The van der Waals surface area contributed by atoms with Crippen molar-refractivity contribution in [1.82, 2.24) is 10.2 Å². The molecule has 112 valence electrons. The summed E-state index contributed by atoms with van der Waals surface area (Å²) in [5.74, 6) is 0.0851. The number of nitrogens with one attached hydrogen (secondary N) is 1. The molecule has 19 heavy (non-hydrogen) atoms. The third kappa shape index (κ3) is 5.11. The van der Waals surface area contributed by atoms with Crippen molar-refractivity contribution in [2.75, 3.05) is 26.2 Å². The highest BCUT2D eigenvalue weighted by Crippen LogP contribution is 2.21. The zero-order valence-corrected chi connectivity index (χ0v) is 12.7. The monoisotopic (exact) mass is 270 g/mol. The summed E-state index contributed by atoms with van der Waals surface area (Å²) < 4.78 is 0. The fraction of sp³-hybridized carbons (Fsp3) is 0.933. The molecule has 0 spiro atoms. The predicted octanol–water partition coefficient (Wildman–Crippen LogP) is 2.34. The van der Waals surface area contributed by atoms with Crippen molar-refractivity contribution >= 4 is 5.97 Å². The van der Waals surface area contributed by atoms with E-state index in [-0.39, 0.29) is 0 Å². The molecule has 0 radical (unpaired) electrons. The summed E-state index contributed by atoms with van der Waals surface area (Å²) in [6.45, 7) is 9.57. The molecule has 1 aliphatic heterocycles. The van der Waals surface area contributed by atoms with Crippen molar-refractivity contribution in [2.24, 2.45) is 5.92 Å². The van der Waals surface area contributed by atoms with Gasteiger partial charge in [0.25, 0.3) is 0 Å². The van der Waals surface area contributed by atoms with E-state index in [4.69, 9.17) is 0 Å². The second-order valence-corrected chi connectivity index (χ2v) is 6.05.